The summed E-state index contributed by atoms with van der Waals surface area (Å²) in [6.45, 7) is 3.60. The average Bonchev–Trinajstić information content (AvgIpc) is 3.91. The van der Waals surface area contributed by atoms with E-state index >= 15 is 0 Å². The predicted octanol–water partition coefficient (Wildman–Crippen LogP) is 12.5. The highest BCUT2D eigenvalue weighted by molar-refractivity contribution is 7.46. The van der Waals surface area contributed by atoms with Crippen LogP contribution in [0, 0.1) is 0 Å². The molecule has 1 aliphatic heterocycles. The van der Waals surface area contributed by atoms with Crippen molar-refractivity contribution in [3.05, 3.63) is 48.6 Å². The standard InChI is InChI=1S/C45H79O9P/c1-3-5-7-9-11-13-14-15-16-17-18-19-20-21-22-24-26-28-34-38-45(47)53-41(40-52-55(48,49)50)39-51-44(46)37-33-30-29-32-36-43-42(54-43)35-31-27-25-23-12-10-8-6-4-2/h12,15-16,23,27,29,31-32,41-43H,3-11,13-14,17-22,24-26,28,30,33-40H2,1-2H3,(H2,48,49,50)/b16-15-,23-12-,31-27-,32-29-/t41-,42?,43?/m1/s1. The van der Waals surface area contributed by atoms with E-state index in [4.69, 9.17) is 24.0 Å². The maximum absolute atomic E-state index is 12.4. The molecule has 55 heavy (non-hydrogen) atoms. The normalized spacial score (nSPS) is 16.6. The van der Waals surface area contributed by atoms with Crippen LogP contribution < -0.4 is 0 Å². The Morgan fingerprint density at radius 2 is 1.00 bits per heavy atom. The van der Waals surface area contributed by atoms with Crippen molar-refractivity contribution in [2.24, 2.45) is 0 Å². The van der Waals surface area contributed by atoms with E-state index in [9.17, 15) is 14.2 Å². The zero-order chi connectivity index (χ0) is 40.1. The Kier molecular flexibility index (Phi) is 33.7. The quantitative estimate of drug-likeness (QED) is 0.0205. The number of epoxide rings is 1. The molecule has 318 valence electrons. The van der Waals surface area contributed by atoms with Crippen LogP contribution in [0.1, 0.15) is 194 Å². The summed E-state index contributed by atoms with van der Waals surface area (Å²) in [7, 11) is -4.77. The predicted molar refractivity (Wildman–Crippen MR) is 225 cm³/mol. The Balaban J connectivity index is 2.09. The molecule has 10 heteroatoms. The van der Waals surface area contributed by atoms with Gasteiger partial charge in [-0.15, -0.1) is 0 Å². The lowest BCUT2D eigenvalue weighted by atomic mass is 10.1. The summed E-state index contributed by atoms with van der Waals surface area (Å²) >= 11 is 0. The van der Waals surface area contributed by atoms with Crippen molar-refractivity contribution in [1.29, 1.82) is 0 Å². The Morgan fingerprint density at radius 1 is 0.564 bits per heavy atom. The molecule has 0 aromatic carbocycles. The number of esters is 2. The SMILES string of the molecule is CCCCC/C=C\C/C=C\CC1OC1C/C=C\CCCC(=O)OC[C@H](COP(=O)(O)O)OC(=O)CCCCCCCCCCC/C=C\CCCCCCCC. The van der Waals surface area contributed by atoms with Crippen molar-refractivity contribution >= 4 is 19.8 Å². The molecule has 2 unspecified atom stereocenters. The van der Waals surface area contributed by atoms with Gasteiger partial charge in [-0.05, 0) is 77.0 Å². The molecule has 1 fully saturated rings. The molecule has 1 rings (SSSR count). The minimum absolute atomic E-state index is 0.182. The van der Waals surface area contributed by atoms with E-state index in [2.05, 4.69) is 60.9 Å². The number of phosphoric acid groups is 1. The second-order valence-corrected chi connectivity index (χ2v) is 16.3. The molecule has 0 aromatic rings. The van der Waals surface area contributed by atoms with Gasteiger partial charge in [-0.25, -0.2) is 4.57 Å². The van der Waals surface area contributed by atoms with E-state index in [-0.39, 0.29) is 31.7 Å². The highest BCUT2D eigenvalue weighted by atomic mass is 31.2. The summed E-state index contributed by atoms with van der Waals surface area (Å²) in [5.74, 6) is -0.959. The smallest absolute Gasteiger partial charge is 0.462 e. The van der Waals surface area contributed by atoms with Gasteiger partial charge in [0.2, 0.25) is 0 Å². The molecule has 0 aliphatic carbocycles. The number of carbonyl (C=O) groups is 2. The largest absolute Gasteiger partial charge is 0.469 e. The number of phosphoric ester groups is 1. The first-order chi connectivity index (χ1) is 26.7. The summed E-state index contributed by atoms with van der Waals surface area (Å²) < 4.78 is 32.1. The Labute approximate surface area is 335 Å². The van der Waals surface area contributed by atoms with Gasteiger partial charge in [0.1, 0.15) is 6.61 Å². The molecule has 0 radical (unpaired) electrons. The third kappa shape index (κ3) is 36.1. The van der Waals surface area contributed by atoms with Crippen LogP contribution in [0.2, 0.25) is 0 Å². The minimum Gasteiger partial charge on any atom is -0.462 e. The van der Waals surface area contributed by atoms with E-state index < -0.39 is 32.5 Å². The molecule has 1 saturated heterocycles. The third-order valence-corrected chi connectivity index (χ3v) is 10.2. The van der Waals surface area contributed by atoms with Gasteiger partial charge in [0.15, 0.2) is 6.10 Å². The molecular weight excluding hydrogens is 715 g/mol. The van der Waals surface area contributed by atoms with Crippen molar-refractivity contribution in [3.63, 3.8) is 0 Å². The first-order valence-electron chi connectivity index (χ1n) is 22.1. The lowest BCUT2D eigenvalue weighted by molar-refractivity contribution is -0.161. The first kappa shape index (κ1) is 51.0. The first-order valence-corrected chi connectivity index (χ1v) is 23.6. The molecular formula is C45H79O9P. The summed E-state index contributed by atoms with van der Waals surface area (Å²) in [6.07, 6.45) is 47.2. The minimum atomic E-state index is -4.77. The number of ether oxygens (including phenoxy) is 3. The molecule has 2 N–H and O–H groups in total. The Hall–Kier alpha value is -2.03. The van der Waals surface area contributed by atoms with Crippen LogP contribution in [0.5, 0.6) is 0 Å². The Bertz CT molecular complexity index is 1100. The fraction of sp³-hybridized carbons (Fsp3) is 0.778. The molecule has 1 aliphatic rings. The van der Waals surface area contributed by atoms with E-state index in [1.807, 2.05) is 6.08 Å². The van der Waals surface area contributed by atoms with E-state index in [0.29, 0.717) is 19.3 Å². The highest BCUT2D eigenvalue weighted by Crippen LogP contribution is 2.36. The number of hydrogen-bond donors (Lipinski definition) is 2. The molecule has 0 bridgehead atoms. The number of unbranched alkanes of at least 4 members (excludes halogenated alkanes) is 19. The van der Waals surface area contributed by atoms with Gasteiger partial charge in [0, 0.05) is 12.8 Å². The monoisotopic (exact) mass is 795 g/mol. The lowest BCUT2D eigenvalue weighted by Crippen LogP contribution is -2.29. The van der Waals surface area contributed by atoms with Crippen molar-refractivity contribution in [2.45, 2.75) is 212 Å². The lowest BCUT2D eigenvalue weighted by Gasteiger charge is -2.18. The summed E-state index contributed by atoms with van der Waals surface area (Å²) in [4.78, 5) is 43.0. The van der Waals surface area contributed by atoms with Crippen molar-refractivity contribution < 1.29 is 42.7 Å². The number of carbonyl (C=O) groups excluding carboxylic acids is 2. The van der Waals surface area contributed by atoms with Crippen LogP contribution in [0.3, 0.4) is 0 Å². The van der Waals surface area contributed by atoms with Gasteiger partial charge >= 0.3 is 19.8 Å². The fourth-order valence-corrected chi connectivity index (χ4v) is 6.64. The summed E-state index contributed by atoms with van der Waals surface area (Å²) in [5.41, 5.74) is 0. The molecule has 1 heterocycles. The third-order valence-electron chi connectivity index (χ3n) is 9.72. The second-order valence-electron chi connectivity index (χ2n) is 15.1. The van der Waals surface area contributed by atoms with Gasteiger partial charge in [-0.1, -0.05) is 152 Å². The molecule has 0 spiro atoms. The molecule has 0 aromatic heterocycles. The fourth-order valence-electron chi connectivity index (χ4n) is 6.28. The van der Waals surface area contributed by atoms with Crippen LogP contribution in [0.4, 0.5) is 0 Å². The average molecular weight is 795 g/mol. The van der Waals surface area contributed by atoms with E-state index in [0.717, 1.165) is 44.9 Å². The van der Waals surface area contributed by atoms with Gasteiger partial charge < -0.3 is 24.0 Å². The molecule has 0 amide bonds. The van der Waals surface area contributed by atoms with Crippen LogP contribution in [0.15, 0.2) is 48.6 Å². The number of hydrogen-bond acceptors (Lipinski definition) is 7. The number of allylic oxidation sites excluding steroid dienone is 6. The maximum Gasteiger partial charge on any atom is 0.469 e. The van der Waals surface area contributed by atoms with E-state index in [1.54, 1.807) is 0 Å². The zero-order valence-electron chi connectivity index (χ0n) is 34.8. The van der Waals surface area contributed by atoms with Crippen LogP contribution in [-0.2, 0) is 32.9 Å². The van der Waals surface area contributed by atoms with Gasteiger partial charge in [-0.3, -0.25) is 14.1 Å². The van der Waals surface area contributed by atoms with Crippen LogP contribution >= 0.6 is 7.82 Å². The summed E-state index contributed by atoms with van der Waals surface area (Å²) in [6, 6.07) is 0. The topological polar surface area (TPSA) is 132 Å². The van der Waals surface area contributed by atoms with Crippen LogP contribution in [-0.4, -0.2) is 53.3 Å². The van der Waals surface area contributed by atoms with Gasteiger partial charge in [0.05, 0.1) is 18.8 Å². The van der Waals surface area contributed by atoms with Crippen molar-refractivity contribution in [2.75, 3.05) is 13.2 Å². The molecule has 0 saturated carbocycles. The van der Waals surface area contributed by atoms with Crippen LogP contribution in [0.25, 0.3) is 0 Å². The maximum atomic E-state index is 12.4. The molecule has 3 atom stereocenters. The highest BCUT2D eigenvalue weighted by Gasteiger charge is 2.36. The summed E-state index contributed by atoms with van der Waals surface area (Å²) in [5, 5.41) is 0. The second kappa shape index (κ2) is 36.3. The zero-order valence-corrected chi connectivity index (χ0v) is 35.7. The number of rotatable bonds is 39. The van der Waals surface area contributed by atoms with Gasteiger partial charge in [-0.2, -0.15) is 0 Å². The Morgan fingerprint density at radius 3 is 1.60 bits per heavy atom. The van der Waals surface area contributed by atoms with E-state index in [1.165, 1.54) is 103 Å². The van der Waals surface area contributed by atoms with Crippen molar-refractivity contribution in [3.8, 4) is 0 Å². The van der Waals surface area contributed by atoms with Crippen molar-refractivity contribution in [1.82, 2.24) is 0 Å². The molecule has 9 nitrogen and oxygen atoms in total. The van der Waals surface area contributed by atoms with Gasteiger partial charge in [0.25, 0.3) is 0 Å².